The van der Waals surface area contributed by atoms with Crippen molar-refractivity contribution in [3.05, 3.63) is 47.5 Å². The van der Waals surface area contributed by atoms with Gasteiger partial charge >= 0.3 is 0 Å². The molecule has 2 aromatic carbocycles. The van der Waals surface area contributed by atoms with E-state index in [9.17, 15) is 9.59 Å². The number of anilines is 1. The van der Waals surface area contributed by atoms with Gasteiger partial charge in [-0.2, -0.15) is 0 Å². The van der Waals surface area contributed by atoms with Gasteiger partial charge in [0.2, 0.25) is 11.7 Å². The lowest BCUT2D eigenvalue weighted by Gasteiger charge is -2.25. The minimum atomic E-state index is -0.612. The van der Waals surface area contributed by atoms with Gasteiger partial charge in [0.25, 0.3) is 5.91 Å². The van der Waals surface area contributed by atoms with Crippen molar-refractivity contribution in [2.24, 2.45) is 0 Å². The number of rotatable bonds is 5. The molecule has 1 aliphatic rings. The average Bonchev–Trinajstić information content (AvgIpc) is 3.10. The molecule has 0 saturated heterocycles. The molecular formula is C20H22N2O5. The average molecular weight is 370 g/mol. The van der Waals surface area contributed by atoms with Crippen molar-refractivity contribution in [2.45, 2.75) is 12.5 Å². The fourth-order valence-corrected chi connectivity index (χ4v) is 3.36. The Labute approximate surface area is 157 Å². The van der Waals surface area contributed by atoms with E-state index >= 15 is 0 Å². The van der Waals surface area contributed by atoms with E-state index in [1.54, 1.807) is 19.2 Å². The highest BCUT2D eigenvalue weighted by atomic mass is 16.5. The molecule has 0 bridgehead atoms. The Morgan fingerprint density at radius 2 is 1.67 bits per heavy atom. The van der Waals surface area contributed by atoms with Crippen LogP contribution in [-0.2, 0) is 11.2 Å². The number of fused-ring (bicyclic) bond motifs is 1. The molecule has 3 rings (SSSR count). The summed E-state index contributed by atoms with van der Waals surface area (Å²) >= 11 is 0. The first-order chi connectivity index (χ1) is 13.0. The lowest BCUT2D eigenvalue weighted by Crippen LogP contribution is -2.47. The van der Waals surface area contributed by atoms with Gasteiger partial charge in [0, 0.05) is 24.7 Å². The second-order valence-electron chi connectivity index (χ2n) is 6.05. The standard InChI is InChI=1S/C20H22N2O5/c1-21-19(23)15-9-12-7-5-6-8-14(12)22(15)20(24)13-10-16(25-2)18(27-4)17(11-13)26-3/h5-8,10-11,15H,9H2,1-4H3,(H,21,23). The quantitative estimate of drug-likeness (QED) is 0.871. The third-order valence-corrected chi connectivity index (χ3v) is 4.66. The Hall–Kier alpha value is -3.22. The summed E-state index contributed by atoms with van der Waals surface area (Å²) in [4.78, 5) is 27.3. The normalized spacial score (nSPS) is 15.1. The van der Waals surface area contributed by atoms with Crippen LogP contribution >= 0.6 is 0 Å². The monoisotopic (exact) mass is 370 g/mol. The van der Waals surface area contributed by atoms with Crippen LogP contribution in [0.2, 0.25) is 0 Å². The SMILES string of the molecule is CNC(=O)C1Cc2ccccc2N1C(=O)c1cc(OC)c(OC)c(OC)c1. The zero-order valence-electron chi connectivity index (χ0n) is 15.7. The molecular weight excluding hydrogens is 348 g/mol. The Balaban J connectivity index is 2.09. The summed E-state index contributed by atoms with van der Waals surface area (Å²) in [6.07, 6.45) is 0.464. The molecule has 1 atom stereocenters. The van der Waals surface area contributed by atoms with Crippen molar-refractivity contribution in [1.29, 1.82) is 0 Å². The van der Waals surface area contributed by atoms with Crippen LogP contribution in [0.15, 0.2) is 36.4 Å². The number of hydrogen-bond donors (Lipinski definition) is 1. The van der Waals surface area contributed by atoms with E-state index in [0.29, 0.717) is 29.2 Å². The first kappa shape index (κ1) is 18.6. The van der Waals surface area contributed by atoms with Crippen molar-refractivity contribution in [3.8, 4) is 17.2 Å². The molecule has 0 radical (unpaired) electrons. The van der Waals surface area contributed by atoms with Crippen LogP contribution in [0.4, 0.5) is 5.69 Å². The lowest BCUT2D eigenvalue weighted by atomic mass is 10.1. The van der Waals surface area contributed by atoms with Gasteiger partial charge in [-0.05, 0) is 23.8 Å². The van der Waals surface area contributed by atoms with E-state index in [1.165, 1.54) is 26.2 Å². The number of carbonyl (C=O) groups excluding carboxylic acids is 2. The molecule has 0 aliphatic carbocycles. The maximum absolute atomic E-state index is 13.4. The van der Waals surface area contributed by atoms with Crippen LogP contribution in [0.3, 0.4) is 0 Å². The van der Waals surface area contributed by atoms with Gasteiger partial charge in [-0.1, -0.05) is 18.2 Å². The molecule has 1 N–H and O–H groups in total. The van der Waals surface area contributed by atoms with Gasteiger partial charge in [-0.25, -0.2) is 0 Å². The van der Waals surface area contributed by atoms with Crippen molar-refractivity contribution in [3.63, 3.8) is 0 Å². The first-order valence-electron chi connectivity index (χ1n) is 8.48. The van der Waals surface area contributed by atoms with Crippen LogP contribution in [0.1, 0.15) is 15.9 Å². The number of hydrogen-bond acceptors (Lipinski definition) is 5. The molecule has 1 aliphatic heterocycles. The number of para-hydroxylation sites is 1. The van der Waals surface area contributed by atoms with Gasteiger partial charge in [0.1, 0.15) is 6.04 Å². The molecule has 0 fully saturated rings. The predicted octanol–water partition coefficient (Wildman–Crippen LogP) is 2.03. The van der Waals surface area contributed by atoms with Crippen LogP contribution in [0, 0.1) is 0 Å². The van der Waals surface area contributed by atoms with Crippen LogP contribution in [0.25, 0.3) is 0 Å². The Kier molecular flexibility index (Phi) is 5.21. The smallest absolute Gasteiger partial charge is 0.259 e. The summed E-state index contributed by atoms with van der Waals surface area (Å²) < 4.78 is 16.0. The van der Waals surface area contributed by atoms with Gasteiger partial charge in [0.15, 0.2) is 11.5 Å². The molecule has 0 saturated carbocycles. The second-order valence-corrected chi connectivity index (χ2v) is 6.05. The number of benzene rings is 2. The second kappa shape index (κ2) is 7.57. The predicted molar refractivity (Wildman–Crippen MR) is 101 cm³/mol. The van der Waals surface area contributed by atoms with E-state index in [0.717, 1.165) is 11.3 Å². The summed E-state index contributed by atoms with van der Waals surface area (Å²) in [5, 5.41) is 2.64. The van der Waals surface area contributed by atoms with Gasteiger partial charge in [0.05, 0.1) is 21.3 Å². The molecule has 7 heteroatoms. The minimum Gasteiger partial charge on any atom is -0.493 e. The van der Waals surface area contributed by atoms with Crippen molar-refractivity contribution < 1.29 is 23.8 Å². The topological polar surface area (TPSA) is 77.1 Å². The van der Waals surface area contributed by atoms with Gasteiger partial charge in [-0.15, -0.1) is 0 Å². The maximum atomic E-state index is 13.4. The summed E-state index contributed by atoms with van der Waals surface area (Å²) in [7, 11) is 6.04. The number of amides is 2. The molecule has 142 valence electrons. The van der Waals surface area contributed by atoms with E-state index in [2.05, 4.69) is 5.32 Å². The lowest BCUT2D eigenvalue weighted by molar-refractivity contribution is -0.121. The molecule has 0 aromatic heterocycles. The first-order valence-corrected chi connectivity index (χ1v) is 8.48. The highest BCUT2D eigenvalue weighted by Gasteiger charge is 2.38. The summed E-state index contributed by atoms with van der Waals surface area (Å²) in [5.41, 5.74) is 2.02. The number of nitrogens with zero attached hydrogens (tertiary/aromatic N) is 1. The third kappa shape index (κ3) is 3.16. The Morgan fingerprint density at radius 3 is 2.22 bits per heavy atom. The van der Waals surface area contributed by atoms with E-state index in [4.69, 9.17) is 14.2 Å². The van der Waals surface area contributed by atoms with Crippen molar-refractivity contribution in [2.75, 3.05) is 33.3 Å². The van der Waals surface area contributed by atoms with E-state index in [1.807, 2.05) is 24.3 Å². The fraction of sp³-hybridized carbons (Fsp3) is 0.300. The van der Waals surface area contributed by atoms with Crippen LogP contribution in [0.5, 0.6) is 17.2 Å². The van der Waals surface area contributed by atoms with Crippen LogP contribution < -0.4 is 24.4 Å². The molecule has 27 heavy (non-hydrogen) atoms. The minimum absolute atomic E-state index is 0.216. The zero-order valence-corrected chi connectivity index (χ0v) is 15.7. The molecule has 1 heterocycles. The molecule has 2 amide bonds. The van der Waals surface area contributed by atoms with Gasteiger partial charge < -0.3 is 19.5 Å². The Bertz CT molecular complexity index is 855. The number of carbonyl (C=O) groups is 2. The Morgan fingerprint density at radius 1 is 1.04 bits per heavy atom. The fourth-order valence-electron chi connectivity index (χ4n) is 3.36. The maximum Gasteiger partial charge on any atom is 0.259 e. The molecule has 7 nitrogen and oxygen atoms in total. The summed E-state index contributed by atoms with van der Waals surface area (Å²) in [6.45, 7) is 0. The van der Waals surface area contributed by atoms with Gasteiger partial charge in [-0.3, -0.25) is 14.5 Å². The number of likely N-dealkylation sites (N-methyl/N-ethyl adjacent to an activating group) is 1. The zero-order chi connectivity index (χ0) is 19.6. The van der Waals surface area contributed by atoms with Crippen molar-refractivity contribution >= 4 is 17.5 Å². The summed E-state index contributed by atoms with van der Waals surface area (Å²) in [5.74, 6) is 0.634. The van der Waals surface area contributed by atoms with E-state index in [-0.39, 0.29) is 11.8 Å². The molecule has 0 spiro atoms. The summed E-state index contributed by atoms with van der Waals surface area (Å²) in [6, 6.07) is 10.1. The number of methoxy groups -OCH3 is 3. The van der Waals surface area contributed by atoms with Crippen molar-refractivity contribution in [1.82, 2.24) is 5.32 Å². The molecule has 1 unspecified atom stereocenters. The third-order valence-electron chi connectivity index (χ3n) is 4.66. The highest BCUT2D eigenvalue weighted by molar-refractivity contribution is 6.12. The number of ether oxygens (including phenoxy) is 3. The molecule has 2 aromatic rings. The highest BCUT2D eigenvalue weighted by Crippen LogP contribution is 2.40. The largest absolute Gasteiger partial charge is 0.493 e. The van der Waals surface area contributed by atoms with Crippen LogP contribution in [-0.4, -0.2) is 46.2 Å². The van der Waals surface area contributed by atoms with E-state index < -0.39 is 6.04 Å². The number of nitrogens with one attached hydrogen (secondary N) is 1.